The lowest BCUT2D eigenvalue weighted by Gasteiger charge is -2.07. The Morgan fingerprint density at radius 2 is 1.83 bits per heavy atom. The van der Waals surface area contributed by atoms with E-state index in [-0.39, 0.29) is 11.6 Å². The van der Waals surface area contributed by atoms with Crippen LogP contribution in [0.25, 0.3) is 0 Å². The Morgan fingerprint density at radius 3 is 2.48 bits per heavy atom. The molecule has 7 heteroatoms. The summed E-state index contributed by atoms with van der Waals surface area (Å²) in [6, 6.07) is 10.3. The predicted molar refractivity (Wildman–Crippen MR) is 85.7 cm³/mol. The average molecular weight is 327 g/mol. The third-order valence-corrected chi connectivity index (χ3v) is 3.05. The molecule has 0 atom stereocenters. The fraction of sp³-hybridized carbons (Fsp3) is 0. The molecule has 1 aromatic carbocycles. The number of ether oxygens (including phenoxy) is 1. The zero-order chi connectivity index (χ0) is 16.1. The van der Waals surface area contributed by atoms with Gasteiger partial charge in [0.05, 0.1) is 11.2 Å². The fourth-order valence-corrected chi connectivity index (χ4v) is 1.87. The summed E-state index contributed by atoms with van der Waals surface area (Å²) in [7, 11) is 0. The largest absolute Gasteiger partial charge is 0.439 e. The minimum atomic E-state index is -0.328. The first-order chi connectivity index (χ1) is 11.2. The number of hydrogen-bond donors (Lipinski definition) is 1. The standard InChI is InChI=1S/C16H11ClN4O2/c17-11-1-6-15(20-9-11)23-13-4-2-12(3-5-13)21-16(22)14-10-18-7-8-19-14/h1-10H,(H,21,22). The number of pyridine rings is 1. The Bertz CT molecular complexity index is 793. The topological polar surface area (TPSA) is 77.0 Å². The molecule has 2 aromatic heterocycles. The summed E-state index contributed by atoms with van der Waals surface area (Å²) in [5, 5.41) is 3.27. The molecule has 0 aliphatic heterocycles. The highest BCUT2D eigenvalue weighted by Gasteiger charge is 2.07. The number of nitrogens with one attached hydrogen (secondary N) is 1. The van der Waals surface area contributed by atoms with Crippen LogP contribution in [0.4, 0.5) is 5.69 Å². The van der Waals surface area contributed by atoms with Gasteiger partial charge in [0.25, 0.3) is 5.91 Å². The highest BCUT2D eigenvalue weighted by atomic mass is 35.5. The van der Waals surface area contributed by atoms with Crippen LogP contribution in [0.15, 0.2) is 61.2 Å². The van der Waals surface area contributed by atoms with E-state index in [1.807, 2.05) is 0 Å². The van der Waals surface area contributed by atoms with Crippen LogP contribution in [0.1, 0.15) is 10.5 Å². The zero-order valence-corrected chi connectivity index (χ0v) is 12.6. The molecule has 0 bridgehead atoms. The van der Waals surface area contributed by atoms with Gasteiger partial charge in [0.2, 0.25) is 5.88 Å². The second-order valence-electron chi connectivity index (χ2n) is 4.49. The van der Waals surface area contributed by atoms with Crippen LogP contribution in [0.5, 0.6) is 11.6 Å². The smallest absolute Gasteiger partial charge is 0.275 e. The van der Waals surface area contributed by atoms with E-state index in [1.165, 1.54) is 24.8 Å². The van der Waals surface area contributed by atoms with Crippen molar-refractivity contribution in [1.29, 1.82) is 0 Å². The van der Waals surface area contributed by atoms with Crippen LogP contribution in [0.3, 0.4) is 0 Å². The van der Waals surface area contributed by atoms with E-state index >= 15 is 0 Å². The number of rotatable bonds is 4. The van der Waals surface area contributed by atoms with Crippen molar-refractivity contribution in [2.24, 2.45) is 0 Å². The summed E-state index contributed by atoms with van der Waals surface area (Å²) >= 11 is 5.77. The van der Waals surface area contributed by atoms with Gasteiger partial charge >= 0.3 is 0 Å². The van der Waals surface area contributed by atoms with Crippen molar-refractivity contribution in [3.8, 4) is 11.6 Å². The van der Waals surface area contributed by atoms with E-state index in [0.717, 1.165) is 0 Å². The summed E-state index contributed by atoms with van der Waals surface area (Å²) in [5.74, 6) is 0.703. The van der Waals surface area contributed by atoms with Gasteiger partial charge in [-0.3, -0.25) is 9.78 Å². The Hall–Kier alpha value is -2.99. The number of halogens is 1. The first-order valence-electron chi connectivity index (χ1n) is 6.67. The van der Waals surface area contributed by atoms with Crippen molar-refractivity contribution in [1.82, 2.24) is 15.0 Å². The van der Waals surface area contributed by atoms with Gasteiger partial charge in [-0.1, -0.05) is 11.6 Å². The maximum absolute atomic E-state index is 12.0. The molecular weight excluding hydrogens is 316 g/mol. The van der Waals surface area contributed by atoms with Crippen molar-refractivity contribution >= 4 is 23.2 Å². The summed E-state index contributed by atoms with van der Waals surface area (Å²) < 4.78 is 5.57. The highest BCUT2D eigenvalue weighted by Crippen LogP contribution is 2.22. The van der Waals surface area contributed by atoms with Gasteiger partial charge < -0.3 is 10.1 Å². The van der Waals surface area contributed by atoms with Crippen LogP contribution in [-0.4, -0.2) is 20.9 Å². The molecule has 23 heavy (non-hydrogen) atoms. The van der Waals surface area contributed by atoms with Gasteiger partial charge in [-0.25, -0.2) is 9.97 Å². The number of carbonyl (C=O) groups is 1. The lowest BCUT2D eigenvalue weighted by Crippen LogP contribution is -2.13. The lowest BCUT2D eigenvalue weighted by atomic mass is 10.3. The van der Waals surface area contributed by atoms with Gasteiger partial charge in [-0.05, 0) is 30.3 Å². The Balaban J connectivity index is 1.65. The molecule has 0 fully saturated rings. The molecule has 3 aromatic rings. The zero-order valence-electron chi connectivity index (χ0n) is 11.8. The number of benzene rings is 1. The molecule has 6 nitrogen and oxygen atoms in total. The fourth-order valence-electron chi connectivity index (χ4n) is 1.76. The molecule has 1 N–H and O–H groups in total. The molecule has 0 aliphatic rings. The Kier molecular flexibility index (Phi) is 4.44. The lowest BCUT2D eigenvalue weighted by molar-refractivity contribution is 0.102. The van der Waals surface area contributed by atoms with Gasteiger partial charge in [0, 0.05) is 30.3 Å². The number of aromatic nitrogens is 3. The van der Waals surface area contributed by atoms with Crippen LogP contribution in [-0.2, 0) is 0 Å². The molecule has 0 unspecified atom stereocenters. The summed E-state index contributed by atoms with van der Waals surface area (Å²) in [5.41, 5.74) is 0.871. The van der Waals surface area contributed by atoms with Crippen LogP contribution in [0.2, 0.25) is 5.02 Å². The molecule has 3 rings (SSSR count). The van der Waals surface area contributed by atoms with E-state index in [2.05, 4.69) is 20.3 Å². The molecule has 0 aliphatic carbocycles. The van der Waals surface area contributed by atoms with Gasteiger partial charge in [0.15, 0.2) is 0 Å². The molecule has 0 radical (unpaired) electrons. The van der Waals surface area contributed by atoms with Gasteiger partial charge in [-0.2, -0.15) is 0 Å². The molecule has 2 heterocycles. The Labute approximate surface area is 137 Å². The molecule has 0 saturated carbocycles. The van der Waals surface area contributed by atoms with Crippen LogP contribution < -0.4 is 10.1 Å². The third kappa shape index (κ3) is 4.02. The van der Waals surface area contributed by atoms with Crippen molar-refractivity contribution in [2.45, 2.75) is 0 Å². The number of hydrogen-bond acceptors (Lipinski definition) is 5. The minimum Gasteiger partial charge on any atom is -0.439 e. The van der Waals surface area contributed by atoms with E-state index in [4.69, 9.17) is 16.3 Å². The van der Waals surface area contributed by atoms with Crippen molar-refractivity contribution in [3.63, 3.8) is 0 Å². The normalized spacial score (nSPS) is 10.1. The number of anilines is 1. The maximum Gasteiger partial charge on any atom is 0.275 e. The van der Waals surface area contributed by atoms with Crippen molar-refractivity contribution < 1.29 is 9.53 Å². The number of amides is 1. The van der Waals surface area contributed by atoms with E-state index in [1.54, 1.807) is 36.4 Å². The van der Waals surface area contributed by atoms with Crippen molar-refractivity contribution in [2.75, 3.05) is 5.32 Å². The van der Waals surface area contributed by atoms with Crippen LogP contribution >= 0.6 is 11.6 Å². The third-order valence-electron chi connectivity index (χ3n) is 2.83. The summed E-state index contributed by atoms with van der Waals surface area (Å²) in [4.78, 5) is 23.8. The highest BCUT2D eigenvalue weighted by molar-refractivity contribution is 6.30. The van der Waals surface area contributed by atoms with Gasteiger partial charge in [0.1, 0.15) is 11.4 Å². The van der Waals surface area contributed by atoms with Gasteiger partial charge in [-0.15, -0.1) is 0 Å². The van der Waals surface area contributed by atoms with E-state index < -0.39 is 0 Å². The van der Waals surface area contributed by atoms with Crippen LogP contribution in [0, 0.1) is 0 Å². The monoisotopic (exact) mass is 326 g/mol. The second kappa shape index (κ2) is 6.85. The number of nitrogens with zero attached hydrogens (tertiary/aromatic N) is 3. The average Bonchev–Trinajstić information content (AvgIpc) is 2.59. The van der Waals surface area contributed by atoms with E-state index in [0.29, 0.717) is 22.3 Å². The molecule has 1 amide bonds. The van der Waals surface area contributed by atoms with Crippen molar-refractivity contribution in [3.05, 3.63) is 71.9 Å². The SMILES string of the molecule is O=C(Nc1ccc(Oc2ccc(Cl)cn2)cc1)c1cnccn1. The maximum atomic E-state index is 12.0. The first-order valence-corrected chi connectivity index (χ1v) is 7.05. The minimum absolute atomic E-state index is 0.248. The molecular formula is C16H11ClN4O2. The molecule has 0 spiro atoms. The number of carbonyl (C=O) groups excluding carboxylic acids is 1. The predicted octanol–water partition coefficient (Wildman–Crippen LogP) is 3.57. The summed E-state index contributed by atoms with van der Waals surface area (Å²) in [6.07, 6.45) is 5.88. The Morgan fingerprint density at radius 1 is 1.00 bits per heavy atom. The summed E-state index contributed by atoms with van der Waals surface area (Å²) in [6.45, 7) is 0. The second-order valence-corrected chi connectivity index (χ2v) is 4.92. The molecule has 114 valence electrons. The quantitative estimate of drug-likeness (QED) is 0.793. The molecule has 0 saturated heterocycles. The van der Waals surface area contributed by atoms with E-state index in [9.17, 15) is 4.79 Å². The first kappa shape index (κ1) is 14.9.